The summed E-state index contributed by atoms with van der Waals surface area (Å²) in [5.74, 6) is -0.241. The van der Waals surface area contributed by atoms with Gasteiger partial charge in [0, 0.05) is 6.07 Å². The van der Waals surface area contributed by atoms with E-state index < -0.39 is 16.7 Å². The lowest BCUT2D eigenvalue weighted by Crippen LogP contribution is -2.32. The first-order chi connectivity index (χ1) is 12.0. The number of rotatable bonds is 6. The van der Waals surface area contributed by atoms with Crippen LogP contribution in [0, 0.1) is 10.1 Å². The highest BCUT2D eigenvalue weighted by molar-refractivity contribution is 7.98. The van der Waals surface area contributed by atoms with Gasteiger partial charge in [0.2, 0.25) is 5.82 Å². The normalized spacial score (nSPS) is 10.3. The topological polar surface area (TPSA) is 112 Å². The Morgan fingerprint density at radius 2 is 2.08 bits per heavy atom. The molecule has 1 aromatic carbocycles. The second kappa shape index (κ2) is 8.34. The third kappa shape index (κ3) is 4.38. The summed E-state index contributed by atoms with van der Waals surface area (Å²) in [4.78, 5) is 28.5. The van der Waals surface area contributed by atoms with Gasteiger partial charge in [0.05, 0.1) is 18.1 Å². The third-order valence-electron chi connectivity index (χ3n) is 3.33. The molecule has 2 N–H and O–H groups in total. The van der Waals surface area contributed by atoms with Crippen LogP contribution in [-0.4, -0.2) is 28.9 Å². The summed E-state index contributed by atoms with van der Waals surface area (Å²) in [5.41, 5.74) is 6.20. The molecule has 1 heterocycles. The van der Waals surface area contributed by atoms with Crippen LogP contribution in [0.4, 0.5) is 22.0 Å². The van der Waals surface area contributed by atoms with Gasteiger partial charge in [-0.25, -0.2) is 9.78 Å². The zero-order valence-corrected chi connectivity index (χ0v) is 14.7. The Labute approximate surface area is 149 Å². The molecular formula is C16H18N4O4S. The van der Waals surface area contributed by atoms with Crippen molar-refractivity contribution in [3.63, 3.8) is 0 Å². The predicted octanol–water partition coefficient (Wildman–Crippen LogP) is 3.46. The van der Waals surface area contributed by atoms with Crippen molar-refractivity contribution in [2.45, 2.75) is 18.5 Å². The van der Waals surface area contributed by atoms with Crippen molar-refractivity contribution in [2.24, 2.45) is 0 Å². The number of nitrogens with zero attached hydrogens (tertiary/aromatic N) is 3. The van der Waals surface area contributed by atoms with Crippen LogP contribution < -0.4 is 10.6 Å². The van der Waals surface area contributed by atoms with Gasteiger partial charge in [0.25, 0.3) is 0 Å². The summed E-state index contributed by atoms with van der Waals surface area (Å²) in [5, 5.41) is 12.0. The first-order valence-corrected chi connectivity index (χ1v) is 8.67. The first-order valence-electron chi connectivity index (χ1n) is 7.45. The molecule has 0 aliphatic heterocycles. The molecule has 9 heteroatoms. The van der Waals surface area contributed by atoms with Crippen molar-refractivity contribution in [2.75, 3.05) is 23.5 Å². The molecule has 0 radical (unpaired) electrons. The average molecular weight is 362 g/mol. The lowest BCUT2D eigenvalue weighted by Gasteiger charge is -2.22. The van der Waals surface area contributed by atoms with E-state index in [1.807, 2.05) is 30.3 Å². The molecule has 25 heavy (non-hydrogen) atoms. The average Bonchev–Trinajstić information content (AvgIpc) is 2.59. The van der Waals surface area contributed by atoms with Crippen LogP contribution in [0.15, 0.2) is 41.4 Å². The van der Waals surface area contributed by atoms with Gasteiger partial charge in [-0.3, -0.25) is 15.0 Å². The Kier molecular flexibility index (Phi) is 6.18. The van der Waals surface area contributed by atoms with E-state index in [-0.39, 0.29) is 24.7 Å². The number of anilines is 2. The summed E-state index contributed by atoms with van der Waals surface area (Å²) < 4.78 is 5.08. The van der Waals surface area contributed by atoms with Crippen LogP contribution in [0.1, 0.15) is 12.5 Å². The molecule has 0 fully saturated rings. The fraction of sp³-hybridized carbons (Fsp3) is 0.250. The van der Waals surface area contributed by atoms with Crippen LogP contribution in [0.2, 0.25) is 0 Å². The van der Waals surface area contributed by atoms with Gasteiger partial charge in [-0.05, 0) is 18.7 Å². The lowest BCUT2D eigenvalue weighted by atomic mass is 10.2. The van der Waals surface area contributed by atoms with Crippen molar-refractivity contribution < 1.29 is 14.5 Å². The monoisotopic (exact) mass is 362 g/mol. The van der Waals surface area contributed by atoms with Gasteiger partial charge < -0.3 is 10.5 Å². The Balaban J connectivity index is 2.57. The molecule has 0 aliphatic carbocycles. The molecule has 0 saturated heterocycles. The minimum absolute atomic E-state index is 0.0594. The minimum atomic E-state index is -0.688. The highest BCUT2D eigenvalue weighted by atomic mass is 32.2. The van der Waals surface area contributed by atoms with Gasteiger partial charge in [-0.2, -0.15) is 0 Å². The van der Waals surface area contributed by atoms with Crippen LogP contribution in [0.25, 0.3) is 0 Å². The number of ether oxygens (including phenoxy) is 1. The van der Waals surface area contributed by atoms with Gasteiger partial charge >= 0.3 is 11.8 Å². The number of carbonyl (C=O) groups excluding carboxylic acids is 1. The summed E-state index contributed by atoms with van der Waals surface area (Å²) >= 11 is 1.27. The van der Waals surface area contributed by atoms with Gasteiger partial charge in [0.1, 0.15) is 10.7 Å². The molecule has 0 bridgehead atoms. The largest absolute Gasteiger partial charge is 0.449 e. The number of aromatic nitrogens is 1. The number of carbonyl (C=O) groups is 1. The summed E-state index contributed by atoms with van der Waals surface area (Å²) in [6.07, 6.45) is 1.08. The molecular weight excluding hydrogens is 344 g/mol. The van der Waals surface area contributed by atoms with Gasteiger partial charge in [0.15, 0.2) is 0 Å². The van der Waals surface area contributed by atoms with E-state index in [0.717, 1.165) is 5.56 Å². The molecule has 0 spiro atoms. The molecule has 1 aromatic heterocycles. The van der Waals surface area contributed by atoms with Crippen molar-refractivity contribution in [1.82, 2.24) is 4.98 Å². The number of hydrogen-bond acceptors (Lipinski definition) is 7. The molecule has 2 aromatic rings. The fourth-order valence-electron chi connectivity index (χ4n) is 2.23. The van der Waals surface area contributed by atoms with Crippen LogP contribution in [-0.2, 0) is 11.3 Å². The smallest absolute Gasteiger partial charge is 0.414 e. The van der Waals surface area contributed by atoms with E-state index in [2.05, 4.69) is 4.98 Å². The minimum Gasteiger partial charge on any atom is -0.449 e. The van der Waals surface area contributed by atoms with Crippen LogP contribution in [0.3, 0.4) is 0 Å². The standard InChI is InChI=1S/C16H18N4O4S/c1-3-24-16(21)19(10-11-7-5-4-6-8-11)12-9-13(25-2)18-15(17)14(12)20(22)23/h4-9H,3,10H2,1-2H3,(H2,17,18). The van der Waals surface area contributed by atoms with E-state index in [4.69, 9.17) is 10.5 Å². The number of nitrogen functional groups attached to an aromatic ring is 1. The van der Waals surface area contributed by atoms with Crippen molar-refractivity contribution in [1.29, 1.82) is 0 Å². The zero-order chi connectivity index (χ0) is 18.4. The number of pyridine rings is 1. The van der Waals surface area contributed by atoms with Crippen molar-refractivity contribution in [3.05, 3.63) is 52.1 Å². The summed E-state index contributed by atoms with van der Waals surface area (Å²) in [6, 6.07) is 10.6. The molecule has 0 aliphatic rings. The maximum absolute atomic E-state index is 12.4. The maximum atomic E-state index is 12.4. The Morgan fingerprint density at radius 3 is 2.64 bits per heavy atom. The molecule has 8 nitrogen and oxygen atoms in total. The van der Waals surface area contributed by atoms with Crippen molar-refractivity contribution >= 4 is 35.0 Å². The highest BCUT2D eigenvalue weighted by Crippen LogP contribution is 2.36. The molecule has 1 amide bonds. The van der Waals surface area contributed by atoms with Gasteiger partial charge in [-0.1, -0.05) is 30.3 Å². The number of nitro groups is 1. The number of benzene rings is 1. The molecule has 0 saturated carbocycles. The second-order valence-corrected chi connectivity index (χ2v) is 5.77. The molecule has 0 atom stereocenters. The van der Waals surface area contributed by atoms with E-state index in [1.54, 1.807) is 13.2 Å². The predicted molar refractivity (Wildman–Crippen MR) is 96.7 cm³/mol. The fourth-order valence-corrected chi connectivity index (χ4v) is 2.65. The first kappa shape index (κ1) is 18.5. The van der Waals surface area contributed by atoms with Crippen LogP contribution >= 0.6 is 11.8 Å². The van der Waals surface area contributed by atoms with Crippen molar-refractivity contribution in [3.8, 4) is 0 Å². The molecule has 2 rings (SSSR count). The Morgan fingerprint density at radius 1 is 1.40 bits per heavy atom. The van der Waals surface area contributed by atoms with E-state index in [9.17, 15) is 14.9 Å². The second-order valence-electron chi connectivity index (χ2n) is 4.95. The summed E-state index contributed by atoms with van der Waals surface area (Å²) in [7, 11) is 0. The SMILES string of the molecule is CCOC(=O)N(Cc1ccccc1)c1cc(SC)nc(N)c1[N+](=O)[O-]. The maximum Gasteiger partial charge on any atom is 0.414 e. The Bertz CT molecular complexity index is 770. The quantitative estimate of drug-likeness (QED) is 0.476. The lowest BCUT2D eigenvalue weighted by molar-refractivity contribution is -0.383. The van der Waals surface area contributed by atoms with E-state index >= 15 is 0 Å². The third-order valence-corrected chi connectivity index (χ3v) is 3.96. The zero-order valence-electron chi connectivity index (χ0n) is 13.8. The van der Waals surface area contributed by atoms with E-state index in [1.165, 1.54) is 22.7 Å². The molecule has 132 valence electrons. The number of hydrogen-bond donors (Lipinski definition) is 1. The highest BCUT2D eigenvalue weighted by Gasteiger charge is 2.30. The summed E-state index contributed by atoms with van der Waals surface area (Å²) in [6.45, 7) is 1.92. The van der Waals surface area contributed by atoms with Crippen LogP contribution in [0.5, 0.6) is 0 Å². The Hall–Kier alpha value is -2.81. The molecule has 0 unspecified atom stereocenters. The number of nitrogens with two attached hydrogens (primary N) is 1. The number of thioether (sulfide) groups is 1. The number of amides is 1. The van der Waals surface area contributed by atoms with E-state index in [0.29, 0.717) is 5.03 Å². The van der Waals surface area contributed by atoms with Gasteiger partial charge in [-0.15, -0.1) is 11.8 Å².